The first kappa shape index (κ1) is 13.4. The quantitative estimate of drug-likeness (QED) is 0.670. The molecule has 4 nitrogen and oxygen atoms in total. The zero-order valence-electron chi connectivity index (χ0n) is 12.0. The van der Waals surface area contributed by atoms with E-state index in [9.17, 15) is 0 Å². The fourth-order valence-corrected chi connectivity index (χ4v) is 3.14. The lowest BCUT2D eigenvalue weighted by atomic mass is 10.0. The number of nitrogens with zero attached hydrogens (tertiary/aromatic N) is 4. The molecule has 1 aliphatic rings. The van der Waals surface area contributed by atoms with Crippen molar-refractivity contribution in [1.82, 2.24) is 14.5 Å². The van der Waals surface area contributed by atoms with Gasteiger partial charge in [0.15, 0.2) is 0 Å². The molecule has 0 aliphatic carbocycles. The molecule has 4 rings (SSSR count). The Hall–Kier alpha value is -2.27. The molecule has 0 N–H and O–H groups in total. The van der Waals surface area contributed by atoms with Gasteiger partial charge in [0, 0.05) is 28.1 Å². The lowest BCUT2D eigenvalue weighted by Crippen LogP contribution is -2.09. The molecule has 1 aromatic carbocycles. The highest BCUT2D eigenvalue weighted by atomic mass is 79.9. The predicted molar refractivity (Wildman–Crippen MR) is 89.6 cm³/mol. The molecular formula is C17H13BrN4. The number of imidazole rings is 1. The van der Waals surface area contributed by atoms with Crippen LogP contribution < -0.4 is 0 Å². The van der Waals surface area contributed by atoms with Gasteiger partial charge in [0.25, 0.3) is 0 Å². The maximum atomic E-state index is 4.78. The molecule has 108 valence electrons. The molecular weight excluding hydrogens is 340 g/mol. The van der Waals surface area contributed by atoms with Crippen LogP contribution in [0.5, 0.6) is 0 Å². The molecule has 0 bridgehead atoms. The van der Waals surface area contributed by atoms with Crippen molar-refractivity contribution in [3.05, 3.63) is 76.0 Å². The number of halogens is 1. The molecule has 0 radical (unpaired) electrons. The molecule has 22 heavy (non-hydrogen) atoms. The van der Waals surface area contributed by atoms with Crippen molar-refractivity contribution in [3.8, 4) is 5.69 Å². The van der Waals surface area contributed by atoms with Crippen molar-refractivity contribution in [2.24, 2.45) is 4.99 Å². The summed E-state index contributed by atoms with van der Waals surface area (Å²) in [6.45, 7) is 2.61. The summed E-state index contributed by atoms with van der Waals surface area (Å²) in [5.41, 5.74) is 5.05. The minimum absolute atomic E-state index is 0.548. The van der Waals surface area contributed by atoms with Crippen LogP contribution in [-0.4, -0.2) is 20.2 Å². The van der Waals surface area contributed by atoms with E-state index in [0.717, 1.165) is 38.6 Å². The second-order valence-electron chi connectivity index (χ2n) is 5.19. The first-order valence-electron chi connectivity index (χ1n) is 7.03. The number of aliphatic imine (C=N–C) groups is 1. The monoisotopic (exact) mass is 352 g/mol. The SMILES string of the molecule is Cc1cnc2n1-c1ccc(Br)cc1C(c1ccccn1)=NC2. The predicted octanol–water partition coefficient (Wildman–Crippen LogP) is 3.69. The van der Waals surface area contributed by atoms with Crippen molar-refractivity contribution in [3.63, 3.8) is 0 Å². The minimum Gasteiger partial charge on any atom is -0.299 e. The lowest BCUT2D eigenvalue weighted by Gasteiger charge is -2.13. The number of benzene rings is 1. The zero-order chi connectivity index (χ0) is 15.1. The summed E-state index contributed by atoms with van der Waals surface area (Å²) >= 11 is 3.56. The Morgan fingerprint density at radius 3 is 2.86 bits per heavy atom. The summed E-state index contributed by atoms with van der Waals surface area (Å²) < 4.78 is 3.19. The third kappa shape index (κ3) is 2.09. The van der Waals surface area contributed by atoms with Crippen molar-refractivity contribution in [2.75, 3.05) is 0 Å². The third-order valence-corrected chi connectivity index (χ3v) is 4.25. The van der Waals surface area contributed by atoms with E-state index in [1.807, 2.05) is 30.5 Å². The van der Waals surface area contributed by atoms with Gasteiger partial charge in [-0.2, -0.15) is 0 Å². The molecule has 0 saturated carbocycles. The van der Waals surface area contributed by atoms with Gasteiger partial charge in [0.2, 0.25) is 0 Å². The standard InChI is InChI=1S/C17H13BrN4/c1-11-9-20-16-10-21-17(14-4-2-3-7-19-14)13-8-12(18)5-6-15(13)22(11)16/h2-9H,10H2,1H3. The van der Waals surface area contributed by atoms with Crippen molar-refractivity contribution < 1.29 is 0 Å². The number of rotatable bonds is 1. The number of hydrogen-bond acceptors (Lipinski definition) is 3. The number of pyridine rings is 1. The smallest absolute Gasteiger partial charge is 0.135 e. The van der Waals surface area contributed by atoms with Crippen molar-refractivity contribution in [2.45, 2.75) is 13.5 Å². The van der Waals surface area contributed by atoms with E-state index >= 15 is 0 Å². The van der Waals surface area contributed by atoms with E-state index in [1.54, 1.807) is 6.20 Å². The Bertz CT molecular complexity index is 881. The van der Waals surface area contributed by atoms with Crippen LogP contribution >= 0.6 is 15.9 Å². The second kappa shape index (κ2) is 5.18. The van der Waals surface area contributed by atoms with Gasteiger partial charge in [-0.05, 0) is 37.3 Å². The fourth-order valence-electron chi connectivity index (χ4n) is 2.78. The van der Waals surface area contributed by atoms with Crippen LogP contribution in [-0.2, 0) is 6.54 Å². The molecule has 0 saturated heterocycles. The summed E-state index contributed by atoms with van der Waals surface area (Å²) in [6, 6.07) is 12.1. The van der Waals surface area contributed by atoms with Gasteiger partial charge in [-0.3, -0.25) is 14.5 Å². The largest absolute Gasteiger partial charge is 0.299 e. The molecule has 0 atom stereocenters. The van der Waals surface area contributed by atoms with Crippen LogP contribution in [0.4, 0.5) is 0 Å². The first-order chi connectivity index (χ1) is 10.7. The topological polar surface area (TPSA) is 43.1 Å². The van der Waals surface area contributed by atoms with E-state index < -0.39 is 0 Å². The Labute approximate surface area is 136 Å². The minimum atomic E-state index is 0.548. The third-order valence-electron chi connectivity index (χ3n) is 3.75. The molecule has 3 aromatic rings. The highest BCUT2D eigenvalue weighted by molar-refractivity contribution is 9.10. The fraction of sp³-hybridized carbons (Fsp3) is 0.118. The van der Waals surface area contributed by atoms with Gasteiger partial charge >= 0.3 is 0 Å². The van der Waals surface area contributed by atoms with Gasteiger partial charge in [0.1, 0.15) is 5.82 Å². The van der Waals surface area contributed by atoms with E-state index in [2.05, 4.69) is 49.5 Å². The van der Waals surface area contributed by atoms with E-state index in [1.165, 1.54) is 0 Å². The van der Waals surface area contributed by atoms with E-state index in [0.29, 0.717) is 6.54 Å². The van der Waals surface area contributed by atoms with Crippen LogP contribution in [0.25, 0.3) is 5.69 Å². The zero-order valence-corrected chi connectivity index (χ0v) is 13.6. The van der Waals surface area contributed by atoms with E-state index in [4.69, 9.17) is 4.99 Å². The maximum absolute atomic E-state index is 4.78. The van der Waals surface area contributed by atoms with Gasteiger partial charge in [-0.1, -0.05) is 22.0 Å². The second-order valence-corrected chi connectivity index (χ2v) is 6.11. The highest BCUT2D eigenvalue weighted by Gasteiger charge is 2.21. The Morgan fingerprint density at radius 1 is 1.14 bits per heavy atom. The molecule has 0 spiro atoms. The number of aromatic nitrogens is 3. The van der Waals surface area contributed by atoms with Crippen molar-refractivity contribution >= 4 is 21.6 Å². The van der Waals surface area contributed by atoms with Gasteiger partial charge in [-0.25, -0.2) is 4.98 Å². The highest BCUT2D eigenvalue weighted by Crippen LogP contribution is 2.28. The van der Waals surface area contributed by atoms with Gasteiger partial charge < -0.3 is 0 Å². The molecule has 0 unspecified atom stereocenters. The number of aryl methyl sites for hydroxylation is 1. The number of fused-ring (bicyclic) bond motifs is 3. The average molecular weight is 353 g/mol. The van der Waals surface area contributed by atoms with Crippen LogP contribution in [0.15, 0.2) is 58.3 Å². The van der Waals surface area contributed by atoms with Gasteiger partial charge in [-0.15, -0.1) is 0 Å². The molecule has 2 aromatic heterocycles. The summed E-state index contributed by atoms with van der Waals surface area (Å²) in [6.07, 6.45) is 3.69. The molecule has 5 heteroatoms. The maximum Gasteiger partial charge on any atom is 0.135 e. The Balaban J connectivity index is 2.01. The summed E-state index contributed by atoms with van der Waals surface area (Å²) in [5, 5.41) is 0. The van der Waals surface area contributed by atoms with Crippen LogP contribution in [0, 0.1) is 6.92 Å². The van der Waals surface area contributed by atoms with Crippen molar-refractivity contribution in [1.29, 1.82) is 0 Å². The molecule has 1 aliphatic heterocycles. The average Bonchev–Trinajstić information content (AvgIpc) is 2.82. The summed E-state index contributed by atoms with van der Waals surface area (Å²) in [5.74, 6) is 0.951. The van der Waals surface area contributed by atoms with Crippen LogP contribution in [0.2, 0.25) is 0 Å². The summed E-state index contributed by atoms with van der Waals surface area (Å²) in [4.78, 5) is 13.7. The lowest BCUT2D eigenvalue weighted by molar-refractivity contribution is 0.863. The van der Waals surface area contributed by atoms with Gasteiger partial charge in [0.05, 0.1) is 23.6 Å². The molecule has 3 heterocycles. The van der Waals surface area contributed by atoms with Crippen LogP contribution in [0.1, 0.15) is 22.8 Å². The first-order valence-corrected chi connectivity index (χ1v) is 7.83. The molecule has 0 fully saturated rings. The Morgan fingerprint density at radius 2 is 2.05 bits per heavy atom. The normalized spacial score (nSPS) is 13.1. The molecule has 0 amide bonds. The van der Waals surface area contributed by atoms with E-state index in [-0.39, 0.29) is 0 Å². The number of hydrogen-bond donors (Lipinski definition) is 0. The summed E-state index contributed by atoms with van der Waals surface area (Å²) in [7, 11) is 0. The van der Waals surface area contributed by atoms with Crippen LogP contribution in [0.3, 0.4) is 0 Å². The Kier molecular flexibility index (Phi) is 3.15.